The molecular formula is C16H14ClF2N3O4. The largest absolute Gasteiger partial charge is 0.444 e. The monoisotopic (exact) mass is 385 g/mol. The minimum Gasteiger partial charge on any atom is -0.444 e. The molecule has 26 heavy (non-hydrogen) atoms. The predicted octanol–water partition coefficient (Wildman–Crippen LogP) is 4.94. The number of aromatic nitrogens is 1. The van der Waals surface area contributed by atoms with Gasteiger partial charge in [-0.1, -0.05) is 11.6 Å². The molecule has 0 unspecified atom stereocenters. The number of halogens is 3. The zero-order valence-electron chi connectivity index (χ0n) is 14.0. The zero-order valence-corrected chi connectivity index (χ0v) is 14.7. The van der Waals surface area contributed by atoms with Crippen molar-refractivity contribution in [2.45, 2.75) is 26.4 Å². The average Bonchev–Trinajstić information content (AvgIpc) is 2.43. The Hall–Kier alpha value is -2.81. The lowest BCUT2D eigenvalue weighted by Crippen LogP contribution is -2.27. The van der Waals surface area contributed by atoms with E-state index in [1.54, 1.807) is 20.8 Å². The van der Waals surface area contributed by atoms with E-state index in [4.69, 9.17) is 16.3 Å². The van der Waals surface area contributed by atoms with Gasteiger partial charge in [0, 0.05) is 17.8 Å². The van der Waals surface area contributed by atoms with Crippen LogP contribution in [0.2, 0.25) is 5.02 Å². The third-order valence-electron chi connectivity index (χ3n) is 2.97. The van der Waals surface area contributed by atoms with Gasteiger partial charge in [0.1, 0.15) is 22.3 Å². The van der Waals surface area contributed by atoms with Crippen molar-refractivity contribution in [2.24, 2.45) is 0 Å². The molecule has 1 N–H and O–H groups in total. The summed E-state index contributed by atoms with van der Waals surface area (Å²) in [5.74, 6) is -2.21. The Kier molecular flexibility index (Phi) is 5.41. The summed E-state index contributed by atoms with van der Waals surface area (Å²) < 4.78 is 31.8. The van der Waals surface area contributed by atoms with Gasteiger partial charge in [0.15, 0.2) is 0 Å². The Morgan fingerprint density at radius 2 is 1.85 bits per heavy atom. The van der Waals surface area contributed by atoms with E-state index in [1.807, 2.05) is 0 Å². The van der Waals surface area contributed by atoms with E-state index < -0.39 is 44.8 Å². The number of nitrogens with one attached hydrogen (secondary N) is 1. The zero-order chi connectivity index (χ0) is 19.6. The van der Waals surface area contributed by atoms with Crippen molar-refractivity contribution in [3.63, 3.8) is 0 Å². The normalized spacial score (nSPS) is 11.2. The van der Waals surface area contributed by atoms with Crippen LogP contribution in [-0.4, -0.2) is 21.6 Å². The summed E-state index contributed by atoms with van der Waals surface area (Å²) in [6, 6.07) is 2.56. The Bertz CT molecular complexity index is 864. The van der Waals surface area contributed by atoms with Crippen molar-refractivity contribution in [3.05, 3.63) is 51.2 Å². The molecule has 1 amide bonds. The lowest BCUT2D eigenvalue weighted by molar-refractivity contribution is -0.384. The van der Waals surface area contributed by atoms with Gasteiger partial charge in [-0.15, -0.1) is 0 Å². The minimum atomic E-state index is -0.964. The summed E-state index contributed by atoms with van der Waals surface area (Å²) >= 11 is 6.05. The standard InChI is InChI=1S/C16H14ClF2N3O4/c1-16(2,3)26-15(23)21-14-13(22(24)25)12(17)11(7-20-14)8-4-9(18)6-10(19)5-8/h4-7H,1-3H3,(H,20,21,23). The molecule has 0 radical (unpaired) electrons. The van der Waals surface area contributed by atoms with E-state index >= 15 is 0 Å². The molecule has 138 valence electrons. The molecule has 7 nitrogen and oxygen atoms in total. The molecule has 0 aliphatic heterocycles. The second-order valence-electron chi connectivity index (χ2n) is 6.23. The Morgan fingerprint density at radius 1 is 1.27 bits per heavy atom. The molecule has 2 aromatic rings. The van der Waals surface area contributed by atoms with Gasteiger partial charge in [-0.05, 0) is 38.5 Å². The second kappa shape index (κ2) is 7.20. The van der Waals surface area contributed by atoms with Crippen LogP contribution in [0.15, 0.2) is 24.4 Å². The molecule has 1 heterocycles. The number of hydrogen-bond donors (Lipinski definition) is 1. The van der Waals surface area contributed by atoms with Gasteiger partial charge in [-0.3, -0.25) is 15.4 Å². The third-order valence-corrected chi connectivity index (χ3v) is 3.35. The Morgan fingerprint density at radius 3 is 2.35 bits per heavy atom. The van der Waals surface area contributed by atoms with Crippen LogP contribution in [0.5, 0.6) is 0 Å². The van der Waals surface area contributed by atoms with Crippen LogP contribution in [-0.2, 0) is 4.74 Å². The highest BCUT2D eigenvalue weighted by Gasteiger charge is 2.27. The quantitative estimate of drug-likeness (QED) is 0.596. The summed E-state index contributed by atoms with van der Waals surface area (Å²) in [5.41, 5.74) is -1.65. The van der Waals surface area contributed by atoms with Crippen LogP contribution in [0.3, 0.4) is 0 Å². The number of benzene rings is 1. The molecule has 0 spiro atoms. The number of ether oxygens (including phenoxy) is 1. The third kappa shape index (κ3) is 4.63. The SMILES string of the molecule is CC(C)(C)OC(=O)Nc1ncc(-c2cc(F)cc(F)c2)c(Cl)c1[N+](=O)[O-]. The first-order chi connectivity index (χ1) is 12.0. The molecule has 0 aliphatic carbocycles. The number of nitro groups is 1. The molecule has 0 fully saturated rings. The fourth-order valence-corrected chi connectivity index (χ4v) is 2.36. The second-order valence-corrected chi connectivity index (χ2v) is 6.60. The maximum Gasteiger partial charge on any atom is 0.413 e. The summed E-state index contributed by atoms with van der Waals surface area (Å²) in [7, 11) is 0. The molecule has 10 heteroatoms. The van der Waals surface area contributed by atoms with Crippen molar-refractivity contribution in [3.8, 4) is 11.1 Å². The van der Waals surface area contributed by atoms with E-state index in [2.05, 4.69) is 10.3 Å². The molecule has 2 rings (SSSR count). The maximum absolute atomic E-state index is 13.4. The fourth-order valence-electron chi connectivity index (χ4n) is 2.05. The molecule has 0 saturated heterocycles. The molecular weight excluding hydrogens is 372 g/mol. The molecule has 0 bridgehead atoms. The Labute approximate surface area is 152 Å². The van der Waals surface area contributed by atoms with Gasteiger partial charge in [0.2, 0.25) is 5.82 Å². The van der Waals surface area contributed by atoms with Gasteiger partial charge in [0.05, 0.1) is 4.92 Å². The topological polar surface area (TPSA) is 94.4 Å². The lowest BCUT2D eigenvalue weighted by Gasteiger charge is -2.19. The van der Waals surface area contributed by atoms with Gasteiger partial charge in [0.25, 0.3) is 0 Å². The highest BCUT2D eigenvalue weighted by Crippen LogP contribution is 2.39. The van der Waals surface area contributed by atoms with Crippen molar-refractivity contribution in [1.82, 2.24) is 4.98 Å². The molecule has 0 saturated carbocycles. The number of rotatable bonds is 3. The van der Waals surface area contributed by atoms with E-state index in [9.17, 15) is 23.7 Å². The van der Waals surface area contributed by atoms with Crippen LogP contribution in [0.25, 0.3) is 11.1 Å². The van der Waals surface area contributed by atoms with Crippen LogP contribution in [0.4, 0.5) is 25.1 Å². The van der Waals surface area contributed by atoms with Gasteiger partial charge >= 0.3 is 11.8 Å². The number of hydrogen-bond acceptors (Lipinski definition) is 5. The van der Waals surface area contributed by atoms with Gasteiger partial charge in [-0.2, -0.15) is 0 Å². The van der Waals surface area contributed by atoms with E-state index in [-0.39, 0.29) is 11.1 Å². The highest BCUT2D eigenvalue weighted by molar-refractivity contribution is 6.36. The molecule has 0 aliphatic rings. The van der Waals surface area contributed by atoms with Crippen LogP contribution >= 0.6 is 11.6 Å². The first-order valence-electron chi connectivity index (χ1n) is 7.27. The van der Waals surface area contributed by atoms with Gasteiger partial charge in [-0.25, -0.2) is 18.6 Å². The van der Waals surface area contributed by atoms with Crippen LogP contribution < -0.4 is 5.32 Å². The van der Waals surface area contributed by atoms with E-state index in [0.717, 1.165) is 18.3 Å². The number of nitrogens with zero attached hydrogens (tertiary/aromatic N) is 2. The fraction of sp³-hybridized carbons (Fsp3) is 0.250. The summed E-state index contributed by atoms with van der Waals surface area (Å²) in [4.78, 5) is 26.1. The number of carbonyl (C=O) groups is 1. The summed E-state index contributed by atoms with van der Waals surface area (Å²) in [6.45, 7) is 4.84. The number of pyridine rings is 1. The Balaban J connectivity index is 2.49. The number of carbonyl (C=O) groups excluding carboxylic acids is 1. The molecule has 1 aromatic heterocycles. The van der Waals surface area contributed by atoms with Crippen LogP contribution in [0, 0.1) is 21.7 Å². The highest BCUT2D eigenvalue weighted by atomic mass is 35.5. The lowest BCUT2D eigenvalue weighted by atomic mass is 10.1. The molecule has 1 aromatic carbocycles. The first kappa shape index (κ1) is 19.5. The van der Waals surface area contributed by atoms with Gasteiger partial charge < -0.3 is 4.74 Å². The maximum atomic E-state index is 13.4. The summed E-state index contributed by atoms with van der Waals surface area (Å²) in [6.07, 6.45) is 0.102. The van der Waals surface area contributed by atoms with E-state index in [1.165, 1.54) is 0 Å². The predicted molar refractivity (Wildman–Crippen MR) is 91.1 cm³/mol. The van der Waals surface area contributed by atoms with Crippen molar-refractivity contribution in [2.75, 3.05) is 5.32 Å². The molecule has 0 atom stereocenters. The summed E-state index contributed by atoms with van der Waals surface area (Å²) in [5, 5.41) is 13.1. The van der Waals surface area contributed by atoms with E-state index in [0.29, 0.717) is 6.07 Å². The first-order valence-corrected chi connectivity index (χ1v) is 7.65. The smallest absolute Gasteiger partial charge is 0.413 e. The van der Waals surface area contributed by atoms with Crippen molar-refractivity contribution < 1.29 is 23.2 Å². The minimum absolute atomic E-state index is 0.0353. The van der Waals surface area contributed by atoms with Crippen molar-refractivity contribution >= 4 is 29.2 Å². The van der Waals surface area contributed by atoms with Crippen molar-refractivity contribution in [1.29, 1.82) is 0 Å². The van der Waals surface area contributed by atoms with Crippen LogP contribution in [0.1, 0.15) is 20.8 Å². The number of anilines is 1. The number of amides is 1. The average molecular weight is 386 g/mol.